The van der Waals surface area contributed by atoms with Gasteiger partial charge in [-0.3, -0.25) is 9.69 Å². The Morgan fingerprint density at radius 1 is 1.14 bits per heavy atom. The lowest BCUT2D eigenvalue weighted by molar-refractivity contribution is -0.117. The Morgan fingerprint density at radius 2 is 1.84 bits per heavy atom. The van der Waals surface area contributed by atoms with Gasteiger partial charge in [-0.2, -0.15) is 0 Å². The summed E-state index contributed by atoms with van der Waals surface area (Å²) < 4.78 is 16.8. The molecule has 0 radical (unpaired) electrons. The fourth-order valence-electron chi connectivity index (χ4n) is 6.17. The topological polar surface area (TPSA) is 102 Å². The largest absolute Gasteiger partial charge is 0.494 e. The molecule has 0 bridgehead atoms. The first-order valence-electron chi connectivity index (χ1n) is 15.2. The van der Waals surface area contributed by atoms with Crippen molar-refractivity contribution in [1.82, 2.24) is 4.90 Å². The number of nitrogens with zero attached hydrogens (tertiary/aromatic N) is 1. The van der Waals surface area contributed by atoms with Crippen LogP contribution in [0.5, 0.6) is 5.75 Å². The highest BCUT2D eigenvalue weighted by Gasteiger charge is 2.46. The van der Waals surface area contributed by atoms with Crippen LogP contribution in [-0.4, -0.2) is 53.2 Å². The van der Waals surface area contributed by atoms with E-state index in [9.17, 15) is 14.7 Å². The lowest BCUT2D eigenvalue weighted by atomic mass is 9.80. The highest BCUT2D eigenvalue weighted by atomic mass is 16.7. The monoisotopic (exact) mass is 589 g/mol. The predicted octanol–water partition coefficient (Wildman–Crippen LogP) is 6.63. The number of carbonyl (C=O) groups excluding carboxylic acids is 1. The van der Waals surface area contributed by atoms with Crippen LogP contribution in [0.1, 0.15) is 63.3 Å². The molecule has 0 unspecified atom stereocenters. The quantitative estimate of drug-likeness (QED) is 0.255. The Kier molecular flexibility index (Phi) is 11.1. The van der Waals surface area contributed by atoms with E-state index in [2.05, 4.69) is 49.7 Å². The molecule has 0 aromatic heterocycles. The number of para-hydroxylation sites is 1. The van der Waals surface area contributed by atoms with E-state index in [0.29, 0.717) is 24.7 Å². The Balaban J connectivity index is 1.70. The number of aliphatic hydroxyl groups excluding tert-OH is 1. The molecule has 3 N–H and O–H groups in total. The molecule has 4 rings (SSSR count). The Hall–Kier alpha value is -4.04. The molecule has 2 heterocycles. The van der Waals surface area contributed by atoms with Crippen LogP contribution in [0.3, 0.4) is 0 Å². The molecule has 0 spiro atoms. The molecule has 43 heavy (non-hydrogen) atoms. The summed E-state index contributed by atoms with van der Waals surface area (Å²) in [6, 6.07) is 13.8. The van der Waals surface area contributed by atoms with Crippen molar-refractivity contribution in [2.45, 2.75) is 59.4 Å². The van der Waals surface area contributed by atoms with Crippen molar-refractivity contribution in [2.24, 2.45) is 11.8 Å². The molecule has 2 aromatic carbocycles. The van der Waals surface area contributed by atoms with Gasteiger partial charge in [-0.15, -0.1) is 0 Å². The van der Waals surface area contributed by atoms with E-state index in [4.69, 9.17) is 14.2 Å². The first-order chi connectivity index (χ1) is 20.8. The first kappa shape index (κ1) is 31.9. The predicted molar refractivity (Wildman–Crippen MR) is 170 cm³/mol. The number of amides is 1. The number of anilines is 1. The van der Waals surface area contributed by atoms with Gasteiger partial charge in [0.1, 0.15) is 12.2 Å². The third-order valence-corrected chi connectivity index (χ3v) is 8.25. The number of rotatable bonds is 13. The summed E-state index contributed by atoms with van der Waals surface area (Å²) in [7, 11) is 0. The zero-order valence-corrected chi connectivity index (χ0v) is 25.8. The number of hydrogen-bond donors (Lipinski definition) is 2. The second kappa shape index (κ2) is 14.9. The average Bonchev–Trinajstić information content (AvgIpc) is 3.56. The summed E-state index contributed by atoms with van der Waals surface area (Å²) in [5.41, 5.74) is 5.02. The van der Waals surface area contributed by atoms with E-state index in [0.717, 1.165) is 53.0 Å². The smallest absolute Gasteiger partial charge is 0.480 e. The maximum Gasteiger partial charge on any atom is 0.480 e. The van der Waals surface area contributed by atoms with Gasteiger partial charge in [-0.05, 0) is 66.7 Å². The highest BCUT2D eigenvalue weighted by Crippen LogP contribution is 2.46. The van der Waals surface area contributed by atoms with Crippen LogP contribution in [0.15, 0.2) is 78.3 Å². The van der Waals surface area contributed by atoms with Gasteiger partial charge in [0.25, 0.3) is 0 Å². The minimum absolute atomic E-state index is 0.0546. The van der Waals surface area contributed by atoms with E-state index in [1.807, 2.05) is 49.4 Å². The second-order valence-electron chi connectivity index (χ2n) is 11.0. The van der Waals surface area contributed by atoms with Crippen molar-refractivity contribution in [3.05, 3.63) is 95.0 Å². The minimum atomic E-state index is -0.633. The molecule has 2 saturated heterocycles. The number of nitrogens with one attached hydrogen (secondary N) is 1. The van der Waals surface area contributed by atoms with E-state index < -0.39 is 5.97 Å². The molecular formula is C35H45N2O6+. The Labute approximate surface area is 255 Å². The van der Waals surface area contributed by atoms with E-state index in [-0.39, 0.29) is 43.5 Å². The van der Waals surface area contributed by atoms with E-state index in [1.165, 1.54) is 0 Å². The maximum atomic E-state index is 13.7. The summed E-state index contributed by atoms with van der Waals surface area (Å²) in [6.45, 7) is 13.5. The Bertz CT molecular complexity index is 1340. The summed E-state index contributed by atoms with van der Waals surface area (Å²) in [4.78, 5) is 26.0. The van der Waals surface area contributed by atoms with Gasteiger partial charge in [0.05, 0.1) is 13.2 Å². The van der Waals surface area contributed by atoms with Crippen molar-refractivity contribution in [3.8, 4) is 5.75 Å². The molecule has 0 saturated carbocycles. The standard InChI is InChI=1S/C35H44N2O6/c1-6-17-41-28-15-13-27(14-16-28)35-29(19-33(39)40)30(26(9-4)18-31-23(5)42-22-43-31)20-37(35)21-32(38)36-34-24(7-2)11-10-12-25(34)8-3/h9-16,18,29-30,35H,5-8,17,19-22H2,1-4H3,(H,36,38)(H,39,40)/p+1/b26-9+,31-18+/t29-,30-,35+/m1/s1. The molecule has 1 amide bonds. The van der Waals surface area contributed by atoms with Crippen molar-refractivity contribution in [3.63, 3.8) is 0 Å². The number of allylic oxidation sites excluding steroid dienone is 2. The summed E-state index contributed by atoms with van der Waals surface area (Å²) in [5, 5.41) is 13.4. The SMILES string of the molecule is C=C1OCO/C1=C/C(=C\C)[C@H]1CN(CC(=O)Nc2c(CC)cccc2CC)[C@@H](c2ccc(OCCC)cc2)[C@@H]1CC(O)=[OH+]. The van der Waals surface area contributed by atoms with Crippen LogP contribution in [0.2, 0.25) is 0 Å². The average molecular weight is 590 g/mol. The van der Waals surface area contributed by atoms with Crippen LogP contribution >= 0.6 is 0 Å². The van der Waals surface area contributed by atoms with Crippen molar-refractivity contribution in [1.29, 1.82) is 0 Å². The van der Waals surface area contributed by atoms with Gasteiger partial charge >= 0.3 is 5.97 Å². The van der Waals surface area contributed by atoms with Gasteiger partial charge in [-0.1, -0.05) is 63.8 Å². The zero-order valence-electron chi connectivity index (χ0n) is 25.8. The van der Waals surface area contributed by atoms with E-state index in [1.54, 1.807) is 0 Å². The maximum absolute atomic E-state index is 13.7. The highest BCUT2D eigenvalue weighted by molar-refractivity contribution is 5.94. The van der Waals surface area contributed by atoms with Gasteiger partial charge in [0.15, 0.2) is 11.5 Å². The summed E-state index contributed by atoms with van der Waals surface area (Å²) >= 11 is 0. The number of benzene rings is 2. The van der Waals surface area contributed by atoms with Crippen molar-refractivity contribution >= 4 is 17.6 Å². The molecule has 8 heteroatoms. The zero-order chi connectivity index (χ0) is 30.9. The van der Waals surface area contributed by atoms with Gasteiger partial charge in [0, 0.05) is 30.1 Å². The number of likely N-dealkylation sites (tertiary alicyclic amines) is 1. The molecule has 2 aliphatic rings. The Morgan fingerprint density at radius 3 is 2.40 bits per heavy atom. The van der Waals surface area contributed by atoms with Crippen LogP contribution in [0, 0.1) is 11.8 Å². The summed E-state index contributed by atoms with van der Waals surface area (Å²) in [5.74, 6) is 0.670. The lowest BCUT2D eigenvalue weighted by Gasteiger charge is -2.28. The number of ether oxygens (including phenoxy) is 3. The lowest BCUT2D eigenvalue weighted by Crippen LogP contribution is -2.34. The van der Waals surface area contributed by atoms with Crippen LogP contribution < -0.4 is 10.1 Å². The molecular weight excluding hydrogens is 544 g/mol. The third kappa shape index (κ3) is 7.68. The molecule has 230 valence electrons. The fraction of sp³-hybridized carbons (Fsp3) is 0.429. The number of carbonyl (C=O) groups is 1. The molecule has 2 aromatic rings. The summed E-state index contributed by atoms with van der Waals surface area (Å²) in [6.07, 6.45) is 6.50. The van der Waals surface area contributed by atoms with Gasteiger partial charge in [-0.25, -0.2) is 0 Å². The fourth-order valence-corrected chi connectivity index (χ4v) is 6.17. The van der Waals surface area contributed by atoms with Crippen molar-refractivity contribution < 1.29 is 28.9 Å². The molecule has 2 fully saturated rings. The van der Waals surface area contributed by atoms with Gasteiger partial charge < -0.3 is 29.4 Å². The number of hydrogen-bond acceptors (Lipinski definition) is 5. The third-order valence-electron chi connectivity index (χ3n) is 8.25. The number of carboxylic acid groups (broad SMARTS) is 1. The number of aliphatic carboxylic acids is 1. The normalized spacial score (nSPS) is 21.5. The van der Waals surface area contributed by atoms with Crippen LogP contribution in [-0.2, 0) is 27.1 Å². The van der Waals surface area contributed by atoms with Gasteiger partial charge in [0.2, 0.25) is 12.7 Å². The number of aryl methyl sites for hydroxylation is 2. The second-order valence-corrected chi connectivity index (χ2v) is 11.0. The molecule has 8 nitrogen and oxygen atoms in total. The molecule has 2 aliphatic heterocycles. The van der Waals surface area contributed by atoms with Crippen molar-refractivity contribution in [2.75, 3.05) is 31.8 Å². The van der Waals surface area contributed by atoms with E-state index >= 15 is 0 Å². The molecule has 0 aliphatic carbocycles. The van der Waals surface area contributed by atoms with Crippen LogP contribution in [0.4, 0.5) is 5.69 Å². The molecule has 3 atom stereocenters. The number of carboxylic acids is 1. The van der Waals surface area contributed by atoms with Crippen LogP contribution in [0.25, 0.3) is 0 Å². The minimum Gasteiger partial charge on any atom is -0.494 e. The first-order valence-corrected chi connectivity index (χ1v) is 15.2.